The molecule has 1 aliphatic heterocycles. The van der Waals surface area contributed by atoms with E-state index in [9.17, 15) is 8.42 Å². The van der Waals surface area contributed by atoms with Crippen LogP contribution in [0, 0.1) is 5.92 Å². The average Bonchev–Trinajstić information content (AvgIpc) is 2.61. The van der Waals surface area contributed by atoms with Gasteiger partial charge in [-0.05, 0) is 37.2 Å². The van der Waals surface area contributed by atoms with Crippen molar-refractivity contribution < 1.29 is 8.42 Å². The molecule has 0 aliphatic carbocycles. The van der Waals surface area contributed by atoms with Crippen molar-refractivity contribution in [1.82, 2.24) is 14.9 Å². The Kier molecular flexibility index (Phi) is 10.5. The summed E-state index contributed by atoms with van der Waals surface area (Å²) in [7, 11) is -1.27. The fourth-order valence-electron chi connectivity index (χ4n) is 3.05. The first-order chi connectivity index (χ1) is 12.0. The van der Waals surface area contributed by atoms with E-state index in [2.05, 4.69) is 39.9 Å². The van der Waals surface area contributed by atoms with E-state index in [0.29, 0.717) is 19.0 Å². The molecular formula is C18H31IN4O2S. The first-order valence-electron chi connectivity index (χ1n) is 8.92. The van der Waals surface area contributed by atoms with Gasteiger partial charge in [0.15, 0.2) is 5.96 Å². The topological polar surface area (TPSA) is 73.8 Å². The van der Waals surface area contributed by atoms with Gasteiger partial charge in [-0.2, -0.15) is 0 Å². The van der Waals surface area contributed by atoms with Crippen LogP contribution in [0.4, 0.5) is 0 Å². The first-order valence-corrected chi connectivity index (χ1v) is 10.8. The number of piperidine rings is 1. The molecule has 0 saturated carbocycles. The molecule has 8 heteroatoms. The number of guanidine groups is 1. The number of halogens is 1. The summed E-state index contributed by atoms with van der Waals surface area (Å²) < 4.78 is 24.6. The average molecular weight is 494 g/mol. The SMILES string of the molecule is CN=C(NCCCc1ccccc1)NCC1CCN(S(C)(=O)=O)CC1.I. The molecule has 1 fully saturated rings. The van der Waals surface area contributed by atoms with E-state index in [1.54, 1.807) is 11.4 Å². The molecule has 0 radical (unpaired) electrons. The van der Waals surface area contributed by atoms with E-state index in [1.165, 1.54) is 11.8 Å². The highest BCUT2D eigenvalue weighted by Crippen LogP contribution is 2.18. The summed E-state index contributed by atoms with van der Waals surface area (Å²) in [5.41, 5.74) is 1.35. The maximum absolute atomic E-state index is 11.5. The number of hydrogen-bond donors (Lipinski definition) is 2. The van der Waals surface area contributed by atoms with Crippen molar-refractivity contribution >= 4 is 40.0 Å². The van der Waals surface area contributed by atoms with Crippen LogP contribution in [-0.4, -0.2) is 58.2 Å². The van der Waals surface area contributed by atoms with Gasteiger partial charge in [0.25, 0.3) is 0 Å². The molecule has 6 nitrogen and oxygen atoms in total. The van der Waals surface area contributed by atoms with E-state index in [0.717, 1.165) is 44.7 Å². The zero-order valence-electron chi connectivity index (χ0n) is 15.6. The monoisotopic (exact) mass is 494 g/mol. The molecule has 0 aromatic heterocycles. The number of nitrogens with one attached hydrogen (secondary N) is 2. The Labute approximate surface area is 174 Å². The lowest BCUT2D eigenvalue weighted by Gasteiger charge is -2.30. The number of nitrogens with zero attached hydrogens (tertiary/aromatic N) is 2. The van der Waals surface area contributed by atoms with E-state index in [1.807, 2.05) is 6.07 Å². The van der Waals surface area contributed by atoms with E-state index in [-0.39, 0.29) is 24.0 Å². The molecule has 0 bridgehead atoms. The maximum atomic E-state index is 11.5. The molecule has 0 spiro atoms. The molecule has 26 heavy (non-hydrogen) atoms. The Bertz CT molecular complexity index is 644. The van der Waals surface area contributed by atoms with Crippen LogP contribution >= 0.6 is 24.0 Å². The lowest BCUT2D eigenvalue weighted by molar-refractivity contribution is 0.275. The van der Waals surface area contributed by atoms with Crippen LogP contribution < -0.4 is 10.6 Å². The molecule has 0 atom stereocenters. The predicted molar refractivity (Wildman–Crippen MR) is 119 cm³/mol. The molecule has 1 aliphatic rings. The largest absolute Gasteiger partial charge is 0.356 e. The van der Waals surface area contributed by atoms with Crippen LogP contribution in [-0.2, 0) is 16.4 Å². The van der Waals surface area contributed by atoms with Gasteiger partial charge in [0.05, 0.1) is 6.26 Å². The number of rotatable bonds is 7. The second-order valence-electron chi connectivity index (χ2n) is 6.57. The van der Waals surface area contributed by atoms with Crippen molar-refractivity contribution in [2.24, 2.45) is 10.9 Å². The second kappa shape index (κ2) is 11.8. The van der Waals surface area contributed by atoms with Gasteiger partial charge in [-0.15, -0.1) is 24.0 Å². The minimum absolute atomic E-state index is 0. The van der Waals surface area contributed by atoms with Crippen LogP contribution in [0.3, 0.4) is 0 Å². The summed E-state index contributed by atoms with van der Waals surface area (Å²) in [4.78, 5) is 4.26. The summed E-state index contributed by atoms with van der Waals surface area (Å²) in [6, 6.07) is 10.5. The number of aryl methyl sites for hydroxylation is 1. The van der Waals surface area contributed by atoms with Gasteiger partial charge in [0.1, 0.15) is 0 Å². The van der Waals surface area contributed by atoms with Crippen LogP contribution in [0.5, 0.6) is 0 Å². The Morgan fingerprint density at radius 1 is 1.19 bits per heavy atom. The number of hydrogen-bond acceptors (Lipinski definition) is 3. The van der Waals surface area contributed by atoms with Gasteiger partial charge in [0.2, 0.25) is 10.0 Å². The molecular weight excluding hydrogens is 463 g/mol. The van der Waals surface area contributed by atoms with Gasteiger partial charge in [0, 0.05) is 33.2 Å². The summed E-state index contributed by atoms with van der Waals surface area (Å²) in [5, 5.41) is 6.71. The molecule has 2 N–H and O–H groups in total. The van der Waals surface area contributed by atoms with E-state index < -0.39 is 10.0 Å². The number of sulfonamides is 1. The Hall–Kier alpha value is -0.870. The highest BCUT2D eigenvalue weighted by atomic mass is 127. The minimum atomic E-state index is -3.05. The van der Waals surface area contributed by atoms with Crippen molar-refractivity contribution in [2.45, 2.75) is 25.7 Å². The molecule has 1 aromatic rings. The summed E-state index contributed by atoms with van der Waals surface area (Å²) in [6.07, 6.45) is 5.18. The quantitative estimate of drug-likeness (QED) is 0.264. The third kappa shape index (κ3) is 8.22. The maximum Gasteiger partial charge on any atom is 0.211 e. The number of benzene rings is 1. The van der Waals surface area contributed by atoms with Crippen molar-refractivity contribution in [1.29, 1.82) is 0 Å². The molecule has 148 valence electrons. The van der Waals surface area contributed by atoms with Crippen LogP contribution in [0.15, 0.2) is 35.3 Å². The van der Waals surface area contributed by atoms with Gasteiger partial charge >= 0.3 is 0 Å². The Morgan fingerprint density at radius 3 is 2.42 bits per heavy atom. The van der Waals surface area contributed by atoms with E-state index in [4.69, 9.17) is 0 Å². The van der Waals surface area contributed by atoms with Gasteiger partial charge in [-0.1, -0.05) is 30.3 Å². The van der Waals surface area contributed by atoms with Crippen LogP contribution in [0.25, 0.3) is 0 Å². The van der Waals surface area contributed by atoms with Crippen molar-refractivity contribution in [2.75, 3.05) is 39.5 Å². The predicted octanol–water partition coefficient (Wildman–Crippen LogP) is 2.07. The van der Waals surface area contributed by atoms with Crippen LogP contribution in [0.2, 0.25) is 0 Å². The summed E-state index contributed by atoms with van der Waals surface area (Å²) >= 11 is 0. The van der Waals surface area contributed by atoms with E-state index >= 15 is 0 Å². The van der Waals surface area contributed by atoms with Crippen molar-refractivity contribution in [3.8, 4) is 0 Å². The molecule has 1 heterocycles. The van der Waals surface area contributed by atoms with Crippen molar-refractivity contribution in [3.05, 3.63) is 35.9 Å². The highest BCUT2D eigenvalue weighted by molar-refractivity contribution is 14.0. The highest BCUT2D eigenvalue weighted by Gasteiger charge is 2.24. The fourth-order valence-corrected chi connectivity index (χ4v) is 3.92. The fraction of sp³-hybridized carbons (Fsp3) is 0.611. The smallest absolute Gasteiger partial charge is 0.211 e. The zero-order valence-corrected chi connectivity index (χ0v) is 18.8. The second-order valence-corrected chi connectivity index (χ2v) is 8.56. The molecule has 0 unspecified atom stereocenters. The molecule has 1 saturated heterocycles. The molecule has 1 aromatic carbocycles. The summed E-state index contributed by atoms with van der Waals surface area (Å²) in [5.74, 6) is 1.31. The first kappa shape index (κ1) is 23.2. The molecule has 0 amide bonds. The van der Waals surface area contributed by atoms with Crippen molar-refractivity contribution in [3.63, 3.8) is 0 Å². The van der Waals surface area contributed by atoms with Crippen LogP contribution in [0.1, 0.15) is 24.8 Å². The third-order valence-electron chi connectivity index (χ3n) is 4.60. The summed E-state index contributed by atoms with van der Waals surface area (Å²) in [6.45, 7) is 2.94. The normalized spacial score (nSPS) is 16.8. The van der Waals surface area contributed by atoms with Gasteiger partial charge < -0.3 is 10.6 Å². The number of aliphatic imine (C=N–C) groups is 1. The Morgan fingerprint density at radius 2 is 1.85 bits per heavy atom. The van der Waals surface area contributed by atoms with Gasteiger partial charge in [-0.25, -0.2) is 12.7 Å². The Balaban J connectivity index is 0.00000338. The third-order valence-corrected chi connectivity index (χ3v) is 5.90. The van der Waals surface area contributed by atoms with Gasteiger partial charge in [-0.3, -0.25) is 4.99 Å². The lowest BCUT2D eigenvalue weighted by atomic mass is 9.98. The lowest BCUT2D eigenvalue weighted by Crippen LogP contribution is -2.44. The molecule has 2 rings (SSSR count). The minimum Gasteiger partial charge on any atom is -0.356 e. The zero-order chi connectivity index (χ0) is 18.1. The standard InChI is InChI=1S/C18H30N4O2S.HI/c1-19-18(20-12-6-9-16-7-4-3-5-8-16)21-15-17-10-13-22(14-11-17)25(2,23)24;/h3-5,7-8,17H,6,9-15H2,1-2H3,(H2,19,20,21);1H.